The van der Waals surface area contributed by atoms with Crippen molar-refractivity contribution in [2.45, 2.75) is 26.4 Å². The number of nitrogens with one attached hydrogen (secondary N) is 1. The maximum Gasteiger partial charge on any atom is 0.223 e. The number of halogens is 2. The first-order valence-corrected chi connectivity index (χ1v) is 7.15. The molecule has 2 aromatic rings. The summed E-state index contributed by atoms with van der Waals surface area (Å²) in [5.74, 6) is 0.180. The van der Waals surface area contributed by atoms with Crippen LogP contribution in [-0.2, 0) is 6.54 Å². The fraction of sp³-hybridized carbons (Fsp3) is 0.267. The van der Waals surface area contributed by atoms with Gasteiger partial charge in [0, 0.05) is 28.8 Å². The van der Waals surface area contributed by atoms with Gasteiger partial charge in [-0.25, -0.2) is 9.37 Å². The van der Waals surface area contributed by atoms with E-state index in [1.54, 1.807) is 24.4 Å². The molecule has 0 amide bonds. The minimum Gasteiger partial charge on any atom is -0.436 e. The first kappa shape index (κ1) is 14.9. The second kappa shape index (κ2) is 6.81. The van der Waals surface area contributed by atoms with E-state index in [2.05, 4.69) is 40.1 Å². The van der Waals surface area contributed by atoms with Gasteiger partial charge in [0.25, 0.3) is 0 Å². The van der Waals surface area contributed by atoms with Crippen molar-refractivity contribution in [2.24, 2.45) is 0 Å². The Morgan fingerprint density at radius 2 is 2.10 bits per heavy atom. The van der Waals surface area contributed by atoms with Crippen molar-refractivity contribution in [1.82, 2.24) is 10.3 Å². The molecule has 1 N–H and O–H groups in total. The maximum absolute atomic E-state index is 13.6. The van der Waals surface area contributed by atoms with Gasteiger partial charge in [-0.2, -0.15) is 0 Å². The minimum absolute atomic E-state index is 0.174. The van der Waals surface area contributed by atoms with Crippen LogP contribution in [0.25, 0.3) is 0 Å². The van der Waals surface area contributed by atoms with Gasteiger partial charge in [0.05, 0.1) is 0 Å². The Kier molecular flexibility index (Phi) is 5.09. The molecule has 0 unspecified atom stereocenters. The molecule has 0 radical (unpaired) electrons. The summed E-state index contributed by atoms with van der Waals surface area (Å²) in [5, 5.41) is 3.30. The fourth-order valence-electron chi connectivity index (χ4n) is 1.63. The van der Waals surface area contributed by atoms with Crippen LogP contribution in [0.2, 0.25) is 0 Å². The molecule has 2 rings (SSSR count). The molecular formula is C15H16BrFN2O. The molecule has 0 fully saturated rings. The summed E-state index contributed by atoms with van der Waals surface area (Å²) in [5.41, 5.74) is 0.872. The van der Waals surface area contributed by atoms with E-state index in [1.165, 1.54) is 6.07 Å². The molecule has 20 heavy (non-hydrogen) atoms. The second-order valence-electron chi connectivity index (χ2n) is 4.69. The van der Waals surface area contributed by atoms with Crippen LogP contribution in [0, 0.1) is 5.82 Å². The lowest BCUT2D eigenvalue weighted by molar-refractivity contribution is 0.419. The molecule has 0 spiro atoms. The predicted octanol–water partition coefficient (Wildman–Crippen LogP) is 4.27. The van der Waals surface area contributed by atoms with Crippen LogP contribution >= 0.6 is 15.9 Å². The van der Waals surface area contributed by atoms with Gasteiger partial charge >= 0.3 is 0 Å². The predicted molar refractivity (Wildman–Crippen MR) is 80.4 cm³/mol. The van der Waals surface area contributed by atoms with Crippen LogP contribution in [0.3, 0.4) is 0 Å². The van der Waals surface area contributed by atoms with E-state index in [0.29, 0.717) is 18.5 Å². The Bertz CT molecular complexity index is 590. The molecule has 0 bridgehead atoms. The Labute approximate surface area is 126 Å². The first-order valence-electron chi connectivity index (χ1n) is 6.36. The van der Waals surface area contributed by atoms with E-state index in [-0.39, 0.29) is 5.75 Å². The number of hydrogen-bond donors (Lipinski definition) is 1. The molecule has 0 saturated carbocycles. The first-order chi connectivity index (χ1) is 9.56. The molecule has 0 saturated heterocycles. The van der Waals surface area contributed by atoms with E-state index in [0.717, 1.165) is 10.0 Å². The highest BCUT2D eigenvalue weighted by Crippen LogP contribution is 2.27. The summed E-state index contributed by atoms with van der Waals surface area (Å²) in [6.45, 7) is 4.72. The quantitative estimate of drug-likeness (QED) is 0.883. The normalized spacial score (nSPS) is 10.8. The summed E-state index contributed by atoms with van der Waals surface area (Å²) < 4.78 is 20.1. The lowest BCUT2D eigenvalue weighted by Crippen LogP contribution is -2.22. The Hall–Kier alpha value is -1.46. The van der Waals surface area contributed by atoms with Gasteiger partial charge in [-0.1, -0.05) is 26.0 Å². The van der Waals surface area contributed by atoms with Gasteiger partial charge in [-0.15, -0.1) is 0 Å². The molecule has 0 atom stereocenters. The van der Waals surface area contributed by atoms with Gasteiger partial charge < -0.3 is 10.1 Å². The Morgan fingerprint density at radius 3 is 2.80 bits per heavy atom. The van der Waals surface area contributed by atoms with Gasteiger partial charge in [0.2, 0.25) is 5.88 Å². The zero-order valence-corrected chi connectivity index (χ0v) is 12.9. The summed E-state index contributed by atoms with van der Waals surface area (Å²) in [7, 11) is 0. The van der Waals surface area contributed by atoms with Crippen molar-refractivity contribution < 1.29 is 9.13 Å². The number of ether oxygens (including phenoxy) is 1. The second-order valence-corrected chi connectivity index (χ2v) is 5.60. The van der Waals surface area contributed by atoms with Crippen LogP contribution in [0.4, 0.5) is 4.39 Å². The lowest BCUT2D eigenvalue weighted by atomic mass is 10.2. The molecule has 1 heterocycles. The lowest BCUT2D eigenvalue weighted by Gasteiger charge is -2.13. The van der Waals surface area contributed by atoms with Gasteiger partial charge in [-0.05, 0) is 34.1 Å². The Balaban J connectivity index is 2.24. The molecule has 3 nitrogen and oxygen atoms in total. The average Bonchev–Trinajstić information content (AvgIpc) is 2.41. The zero-order chi connectivity index (χ0) is 14.5. The van der Waals surface area contributed by atoms with Crippen molar-refractivity contribution in [3.63, 3.8) is 0 Å². The highest BCUT2D eigenvalue weighted by Gasteiger charge is 2.10. The molecule has 5 heteroatoms. The third kappa shape index (κ3) is 4.02. The van der Waals surface area contributed by atoms with Crippen molar-refractivity contribution in [3.05, 3.63) is 52.4 Å². The van der Waals surface area contributed by atoms with E-state index in [1.807, 2.05) is 6.07 Å². The van der Waals surface area contributed by atoms with Crippen LogP contribution in [0.5, 0.6) is 11.6 Å². The van der Waals surface area contributed by atoms with Crippen LogP contribution in [0.1, 0.15) is 19.4 Å². The van der Waals surface area contributed by atoms with Gasteiger partial charge in [-0.3, -0.25) is 0 Å². The van der Waals surface area contributed by atoms with Crippen molar-refractivity contribution in [3.8, 4) is 11.6 Å². The number of nitrogens with zero attached hydrogens (tertiary/aromatic N) is 1. The smallest absolute Gasteiger partial charge is 0.223 e. The number of pyridine rings is 1. The summed E-state index contributed by atoms with van der Waals surface area (Å²) in [6, 6.07) is 8.55. The number of para-hydroxylation sites is 1. The van der Waals surface area contributed by atoms with Crippen LogP contribution in [-0.4, -0.2) is 11.0 Å². The van der Waals surface area contributed by atoms with Gasteiger partial charge in [0.1, 0.15) is 0 Å². The van der Waals surface area contributed by atoms with Crippen LogP contribution < -0.4 is 10.1 Å². The zero-order valence-electron chi connectivity index (χ0n) is 11.4. The van der Waals surface area contributed by atoms with E-state index in [4.69, 9.17) is 4.74 Å². The highest BCUT2D eigenvalue weighted by molar-refractivity contribution is 9.10. The third-order valence-electron chi connectivity index (χ3n) is 2.64. The van der Waals surface area contributed by atoms with E-state index in [9.17, 15) is 4.39 Å². The SMILES string of the molecule is CC(C)NCc1cc(Br)cnc1Oc1ccccc1F. The standard InChI is InChI=1S/C15H16BrFN2O/c1-10(2)18-8-11-7-12(16)9-19-15(11)20-14-6-4-3-5-13(14)17/h3-7,9-10,18H,8H2,1-2H3. The number of hydrogen-bond acceptors (Lipinski definition) is 3. The Morgan fingerprint density at radius 1 is 1.35 bits per heavy atom. The van der Waals surface area contributed by atoms with E-state index >= 15 is 0 Å². The molecular weight excluding hydrogens is 323 g/mol. The topological polar surface area (TPSA) is 34.2 Å². The third-order valence-corrected chi connectivity index (χ3v) is 3.07. The minimum atomic E-state index is -0.403. The number of rotatable bonds is 5. The van der Waals surface area contributed by atoms with Crippen molar-refractivity contribution in [1.29, 1.82) is 0 Å². The van der Waals surface area contributed by atoms with Crippen molar-refractivity contribution >= 4 is 15.9 Å². The van der Waals surface area contributed by atoms with Crippen LogP contribution in [0.15, 0.2) is 41.0 Å². The summed E-state index contributed by atoms with van der Waals surface area (Å²) in [4.78, 5) is 4.22. The monoisotopic (exact) mass is 338 g/mol. The largest absolute Gasteiger partial charge is 0.436 e. The van der Waals surface area contributed by atoms with Crippen molar-refractivity contribution in [2.75, 3.05) is 0 Å². The van der Waals surface area contributed by atoms with Gasteiger partial charge in [0.15, 0.2) is 11.6 Å². The maximum atomic E-state index is 13.6. The molecule has 0 aliphatic carbocycles. The molecule has 1 aromatic heterocycles. The highest BCUT2D eigenvalue weighted by atomic mass is 79.9. The molecule has 0 aliphatic heterocycles. The fourth-order valence-corrected chi connectivity index (χ4v) is 2.01. The number of aromatic nitrogens is 1. The average molecular weight is 339 g/mol. The summed E-state index contributed by atoms with van der Waals surface area (Å²) >= 11 is 3.38. The molecule has 0 aliphatic rings. The summed E-state index contributed by atoms with van der Waals surface area (Å²) in [6.07, 6.45) is 1.63. The molecule has 1 aromatic carbocycles. The number of benzene rings is 1. The molecule has 106 valence electrons. The van der Waals surface area contributed by atoms with E-state index < -0.39 is 5.82 Å².